The smallest absolute Gasteiger partial charge is 0.242 e. The van der Waals surface area contributed by atoms with Crippen molar-refractivity contribution in [3.8, 4) is 0 Å². The van der Waals surface area contributed by atoms with Gasteiger partial charge in [0.05, 0.1) is 6.61 Å². The molecule has 1 aliphatic rings. The van der Waals surface area contributed by atoms with E-state index >= 15 is 0 Å². The lowest BCUT2D eigenvalue weighted by Gasteiger charge is -2.38. The van der Waals surface area contributed by atoms with Gasteiger partial charge in [0, 0.05) is 25.7 Å². The monoisotopic (exact) mass is 215 g/mol. The SMILES string of the molecule is CC1CNC(CO)C(=O)N1CCN(C)C. The Hall–Kier alpha value is -0.650. The van der Waals surface area contributed by atoms with Gasteiger partial charge in [-0.25, -0.2) is 0 Å². The van der Waals surface area contributed by atoms with E-state index in [4.69, 9.17) is 5.11 Å². The molecule has 5 heteroatoms. The maximum absolute atomic E-state index is 11.9. The van der Waals surface area contributed by atoms with Gasteiger partial charge in [0.2, 0.25) is 5.91 Å². The third-order valence-corrected chi connectivity index (χ3v) is 2.74. The first-order chi connectivity index (χ1) is 7.06. The maximum Gasteiger partial charge on any atom is 0.242 e. The Kier molecular flexibility index (Phi) is 4.50. The summed E-state index contributed by atoms with van der Waals surface area (Å²) in [4.78, 5) is 15.8. The Morgan fingerprint density at radius 2 is 2.27 bits per heavy atom. The number of rotatable bonds is 4. The van der Waals surface area contributed by atoms with E-state index in [0.29, 0.717) is 0 Å². The standard InChI is InChI=1S/C10H21N3O2/c1-8-6-11-9(7-14)10(15)13(8)5-4-12(2)3/h8-9,11,14H,4-7H2,1-3H3. The van der Waals surface area contributed by atoms with Crippen molar-refractivity contribution in [3.05, 3.63) is 0 Å². The first-order valence-corrected chi connectivity index (χ1v) is 5.35. The average Bonchev–Trinajstić information content (AvgIpc) is 2.17. The van der Waals surface area contributed by atoms with Crippen LogP contribution in [-0.4, -0.2) is 73.2 Å². The topological polar surface area (TPSA) is 55.8 Å². The summed E-state index contributed by atoms with van der Waals surface area (Å²) in [5.41, 5.74) is 0. The van der Waals surface area contributed by atoms with E-state index in [-0.39, 0.29) is 18.6 Å². The predicted molar refractivity (Wildman–Crippen MR) is 58.6 cm³/mol. The highest BCUT2D eigenvalue weighted by Crippen LogP contribution is 2.07. The molecular formula is C10H21N3O2. The molecule has 1 saturated heterocycles. The van der Waals surface area contributed by atoms with Crippen LogP contribution < -0.4 is 5.32 Å². The molecule has 2 atom stereocenters. The number of likely N-dealkylation sites (N-methyl/N-ethyl adjacent to an activating group) is 1. The van der Waals surface area contributed by atoms with Gasteiger partial charge >= 0.3 is 0 Å². The molecule has 0 aromatic heterocycles. The van der Waals surface area contributed by atoms with Crippen LogP contribution in [0.25, 0.3) is 0 Å². The molecule has 0 bridgehead atoms. The zero-order valence-corrected chi connectivity index (χ0v) is 9.73. The van der Waals surface area contributed by atoms with E-state index in [2.05, 4.69) is 10.2 Å². The molecular weight excluding hydrogens is 194 g/mol. The molecule has 1 amide bonds. The van der Waals surface area contributed by atoms with Crippen molar-refractivity contribution in [3.63, 3.8) is 0 Å². The fraction of sp³-hybridized carbons (Fsp3) is 0.900. The highest BCUT2D eigenvalue weighted by Gasteiger charge is 2.31. The van der Waals surface area contributed by atoms with Crippen LogP contribution in [0, 0.1) is 0 Å². The summed E-state index contributed by atoms with van der Waals surface area (Å²) >= 11 is 0. The van der Waals surface area contributed by atoms with Crippen LogP contribution in [0.1, 0.15) is 6.92 Å². The van der Waals surface area contributed by atoms with Crippen LogP contribution in [0.4, 0.5) is 0 Å². The van der Waals surface area contributed by atoms with Crippen molar-refractivity contribution in [2.45, 2.75) is 19.0 Å². The molecule has 0 aromatic carbocycles. The number of aliphatic hydroxyl groups is 1. The number of hydrogen-bond donors (Lipinski definition) is 2. The van der Waals surface area contributed by atoms with Crippen LogP contribution >= 0.6 is 0 Å². The second-order valence-electron chi connectivity index (χ2n) is 4.33. The lowest BCUT2D eigenvalue weighted by molar-refractivity contribution is -0.139. The highest BCUT2D eigenvalue weighted by molar-refractivity contribution is 5.83. The zero-order chi connectivity index (χ0) is 11.4. The molecule has 0 radical (unpaired) electrons. The number of nitrogens with one attached hydrogen (secondary N) is 1. The van der Waals surface area contributed by atoms with E-state index < -0.39 is 6.04 Å². The van der Waals surface area contributed by atoms with Crippen LogP contribution in [0.5, 0.6) is 0 Å². The average molecular weight is 215 g/mol. The third kappa shape index (κ3) is 3.15. The van der Waals surface area contributed by atoms with Gasteiger partial charge in [-0.1, -0.05) is 0 Å². The number of aliphatic hydroxyl groups excluding tert-OH is 1. The van der Waals surface area contributed by atoms with Crippen molar-refractivity contribution in [2.24, 2.45) is 0 Å². The minimum atomic E-state index is -0.414. The molecule has 2 N–H and O–H groups in total. The number of amides is 1. The summed E-state index contributed by atoms with van der Waals surface area (Å²) in [6, 6.07) is -0.205. The molecule has 0 aromatic rings. The van der Waals surface area contributed by atoms with Gasteiger partial charge in [-0.05, 0) is 21.0 Å². The molecule has 15 heavy (non-hydrogen) atoms. The number of nitrogens with zero attached hydrogens (tertiary/aromatic N) is 2. The Morgan fingerprint density at radius 3 is 2.80 bits per heavy atom. The van der Waals surface area contributed by atoms with Crippen LogP contribution in [0.3, 0.4) is 0 Å². The molecule has 88 valence electrons. The fourth-order valence-corrected chi connectivity index (χ4v) is 1.71. The molecule has 2 unspecified atom stereocenters. The summed E-state index contributed by atoms with van der Waals surface area (Å²) in [5.74, 6) is 0.0121. The second-order valence-corrected chi connectivity index (χ2v) is 4.33. The number of hydrogen-bond acceptors (Lipinski definition) is 4. The number of carbonyl (C=O) groups excluding carboxylic acids is 1. The second kappa shape index (κ2) is 5.44. The lowest BCUT2D eigenvalue weighted by Crippen LogP contribution is -2.61. The fourth-order valence-electron chi connectivity index (χ4n) is 1.71. The van der Waals surface area contributed by atoms with Crippen molar-refractivity contribution in [1.29, 1.82) is 0 Å². The molecule has 0 aliphatic carbocycles. The summed E-state index contributed by atoms with van der Waals surface area (Å²) in [6.07, 6.45) is 0. The Morgan fingerprint density at radius 1 is 1.60 bits per heavy atom. The third-order valence-electron chi connectivity index (χ3n) is 2.74. The molecule has 1 fully saturated rings. The molecule has 0 spiro atoms. The summed E-state index contributed by atoms with van der Waals surface area (Å²) in [7, 11) is 3.97. The van der Waals surface area contributed by atoms with Gasteiger partial charge < -0.3 is 20.2 Å². The molecule has 5 nitrogen and oxygen atoms in total. The highest BCUT2D eigenvalue weighted by atomic mass is 16.3. The number of carbonyl (C=O) groups is 1. The molecule has 0 saturated carbocycles. The van der Waals surface area contributed by atoms with E-state index in [1.165, 1.54) is 0 Å². The van der Waals surface area contributed by atoms with Gasteiger partial charge in [-0.3, -0.25) is 4.79 Å². The number of piperazine rings is 1. The van der Waals surface area contributed by atoms with Crippen LogP contribution in [0.15, 0.2) is 0 Å². The van der Waals surface area contributed by atoms with E-state index in [1.807, 2.05) is 25.9 Å². The first-order valence-electron chi connectivity index (χ1n) is 5.35. The molecule has 1 aliphatic heterocycles. The van der Waals surface area contributed by atoms with Crippen molar-refractivity contribution in [1.82, 2.24) is 15.1 Å². The van der Waals surface area contributed by atoms with Crippen molar-refractivity contribution < 1.29 is 9.90 Å². The Bertz CT molecular complexity index is 221. The lowest BCUT2D eigenvalue weighted by atomic mass is 10.1. The van der Waals surface area contributed by atoms with Gasteiger partial charge in [0.25, 0.3) is 0 Å². The van der Waals surface area contributed by atoms with Gasteiger partial charge in [0.1, 0.15) is 6.04 Å². The zero-order valence-electron chi connectivity index (χ0n) is 9.73. The predicted octanol–water partition coefficient (Wildman–Crippen LogP) is -1.27. The van der Waals surface area contributed by atoms with E-state index in [9.17, 15) is 4.79 Å². The Balaban J connectivity index is 2.54. The first kappa shape index (κ1) is 12.4. The van der Waals surface area contributed by atoms with Gasteiger partial charge in [-0.2, -0.15) is 0 Å². The minimum Gasteiger partial charge on any atom is -0.394 e. The van der Waals surface area contributed by atoms with Crippen LogP contribution in [0.2, 0.25) is 0 Å². The largest absolute Gasteiger partial charge is 0.394 e. The maximum atomic E-state index is 11.9. The van der Waals surface area contributed by atoms with E-state index in [1.54, 1.807) is 0 Å². The summed E-state index contributed by atoms with van der Waals surface area (Å²) in [6.45, 7) is 4.24. The normalized spacial score (nSPS) is 27.5. The Labute approximate surface area is 91.0 Å². The van der Waals surface area contributed by atoms with Crippen LogP contribution in [-0.2, 0) is 4.79 Å². The summed E-state index contributed by atoms with van der Waals surface area (Å²) < 4.78 is 0. The quantitative estimate of drug-likeness (QED) is 0.614. The van der Waals surface area contributed by atoms with E-state index in [0.717, 1.165) is 19.6 Å². The molecule has 1 rings (SSSR count). The van der Waals surface area contributed by atoms with Crippen molar-refractivity contribution >= 4 is 5.91 Å². The van der Waals surface area contributed by atoms with Gasteiger partial charge in [-0.15, -0.1) is 0 Å². The minimum absolute atomic E-state index is 0.0121. The van der Waals surface area contributed by atoms with Crippen molar-refractivity contribution in [2.75, 3.05) is 40.3 Å². The molecule has 1 heterocycles. The van der Waals surface area contributed by atoms with Gasteiger partial charge in [0.15, 0.2) is 0 Å². The summed E-state index contributed by atoms with van der Waals surface area (Å²) in [5, 5.41) is 12.1.